The maximum atomic E-state index is 12.2. The van der Waals surface area contributed by atoms with Crippen LogP contribution in [0.2, 0.25) is 5.02 Å². The van der Waals surface area contributed by atoms with Gasteiger partial charge in [0.25, 0.3) is 0 Å². The first-order valence-corrected chi connectivity index (χ1v) is 8.03. The van der Waals surface area contributed by atoms with Crippen LogP contribution in [0.3, 0.4) is 0 Å². The summed E-state index contributed by atoms with van der Waals surface area (Å²) in [6.45, 7) is 0. The van der Waals surface area contributed by atoms with Gasteiger partial charge in [-0.25, -0.2) is 9.79 Å². The number of aliphatic imine (C=N–C) groups is 1. The second-order valence-corrected chi connectivity index (χ2v) is 6.09. The van der Waals surface area contributed by atoms with Gasteiger partial charge in [0.05, 0.1) is 0 Å². The number of anilines is 1. The molecule has 1 aromatic carbocycles. The fourth-order valence-electron chi connectivity index (χ4n) is 2.57. The molecule has 7 nitrogen and oxygen atoms in total. The van der Waals surface area contributed by atoms with Crippen molar-refractivity contribution in [2.75, 3.05) is 5.32 Å². The molecule has 2 heterocycles. The lowest BCUT2D eigenvalue weighted by atomic mass is 10.2. The molecule has 8 heteroatoms. The summed E-state index contributed by atoms with van der Waals surface area (Å²) in [7, 11) is 0. The van der Waals surface area contributed by atoms with E-state index in [1.54, 1.807) is 24.3 Å². The smallest absolute Gasteiger partial charge is 0.335 e. The van der Waals surface area contributed by atoms with Gasteiger partial charge in [0.1, 0.15) is 12.1 Å². The first kappa shape index (κ1) is 16.4. The largest absolute Gasteiger partial charge is 0.410 e. The number of carbonyl (C=O) groups is 3. The molecule has 24 heavy (non-hydrogen) atoms. The molecular formula is C16H16ClN3O4. The van der Waals surface area contributed by atoms with Gasteiger partial charge in [0.2, 0.25) is 11.8 Å². The van der Waals surface area contributed by atoms with E-state index in [2.05, 4.69) is 15.6 Å². The number of rotatable bonds is 3. The van der Waals surface area contributed by atoms with Crippen molar-refractivity contribution < 1.29 is 19.1 Å². The number of nitrogens with zero attached hydrogens (tertiary/aromatic N) is 1. The lowest BCUT2D eigenvalue weighted by Crippen LogP contribution is -2.35. The van der Waals surface area contributed by atoms with Crippen LogP contribution < -0.4 is 10.6 Å². The molecule has 1 saturated heterocycles. The van der Waals surface area contributed by atoms with E-state index in [9.17, 15) is 14.4 Å². The van der Waals surface area contributed by atoms with Gasteiger partial charge in [-0.2, -0.15) is 0 Å². The molecule has 0 aliphatic carbocycles. The van der Waals surface area contributed by atoms with Crippen molar-refractivity contribution in [1.29, 1.82) is 0 Å². The molecule has 0 bridgehead atoms. The lowest BCUT2D eigenvalue weighted by Gasteiger charge is -2.09. The second-order valence-electron chi connectivity index (χ2n) is 5.65. The Hall–Kier alpha value is -2.41. The number of benzene rings is 1. The van der Waals surface area contributed by atoms with Crippen LogP contribution in [0.5, 0.6) is 0 Å². The number of esters is 1. The van der Waals surface area contributed by atoms with Crippen LogP contribution in [-0.2, 0) is 19.1 Å². The summed E-state index contributed by atoms with van der Waals surface area (Å²) < 4.78 is 5.19. The van der Waals surface area contributed by atoms with Gasteiger partial charge >= 0.3 is 5.97 Å². The van der Waals surface area contributed by atoms with Crippen molar-refractivity contribution in [3.05, 3.63) is 29.3 Å². The number of carbonyl (C=O) groups excluding carboxylic acids is 3. The van der Waals surface area contributed by atoms with Crippen LogP contribution in [0.1, 0.15) is 25.7 Å². The third kappa shape index (κ3) is 3.91. The zero-order valence-electron chi connectivity index (χ0n) is 12.8. The average molecular weight is 350 g/mol. The summed E-state index contributed by atoms with van der Waals surface area (Å²) in [5, 5.41) is 5.87. The molecule has 0 aromatic heterocycles. The minimum absolute atomic E-state index is 0.162. The zero-order chi connectivity index (χ0) is 17.1. The molecule has 126 valence electrons. The predicted molar refractivity (Wildman–Crippen MR) is 87.8 cm³/mol. The molecular weight excluding hydrogens is 334 g/mol. The van der Waals surface area contributed by atoms with Crippen molar-refractivity contribution >= 4 is 41.0 Å². The molecule has 2 aliphatic rings. The summed E-state index contributed by atoms with van der Waals surface area (Å²) in [6, 6.07) is 5.53. The summed E-state index contributed by atoms with van der Waals surface area (Å²) in [5.74, 6) is -0.723. The Balaban J connectivity index is 1.54. The number of amides is 2. The number of hydrogen-bond donors (Lipinski definition) is 2. The van der Waals surface area contributed by atoms with E-state index < -0.39 is 18.1 Å². The molecule has 0 radical (unpaired) electrons. The Morgan fingerprint density at radius 1 is 1.21 bits per heavy atom. The summed E-state index contributed by atoms with van der Waals surface area (Å²) in [4.78, 5) is 39.4. The van der Waals surface area contributed by atoms with E-state index in [-0.39, 0.29) is 17.7 Å². The van der Waals surface area contributed by atoms with Crippen LogP contribution in [0.15, 0.2) is 29.3 Å². The number of halogens is 1. The van der Waals surface area contributed by atoms with Crippen molar-refractivity contribution in [2.45, 2.75) is 37.8 Å². The monoisotopic (exact) mass is 349 g/mol. The molecule has 0 spiro atoms. The SMILES string of the molecule is O=C1CC[C@@H](C(=O)OC2=N[C@H](C(=O)Nc3ccc(Cl)cc3)CC2)N1. The topological polar surface area (TPSA) is 96.9 Å². The van der Waals surface area contributed by atoms with Crippen molar-refractivity contribution in [3.8, 4) is 0 Å². The Morgan fingerprint density at radius 3 is 2.62 bits per heavy atom. The number of hydrogen-bond acceptors (Lipinski definition) is 5. The minimum Gasteiger partial charge on any atom is -0.410 e. The molecule has 2 amide bonds. The Kier molecular flexibility index (Phi) is 4.80. The first-order valence-electron chi connectivity index (χ1n) is 7.65. The van der Waals surface area contributed by atoms with E-state index in [1.165, 1.54) is 0 Å². The quantitative estimate of drug-likeness (QED) is 0.811. The molecule has 2 atom stereocenters. The summed E-state index contributed by atoms with van der Waals surface area (Å²) in [6.07, 6.45) is 1.62. The van der Waals surface area contributed by atoms with Crippen molar-refractivity contribution in [3.63, 3.8) is 0 Å². The highest BCUT2D eigenvalue weighted by molar-refractivity contribution is 6.30. The van der Waals surface area contributed by atoms with E-state index in [1.807, 2.05) is 0 Å². The van der Waals surface area contributed by atoms with E-state index in [0.29, 0.717) is 36.4 Å². The maximum Gasteiger partial charge on any atom is 0.335 e. The van der Waals surface area contributed by atoms with Gasteiger partial charge in [-0.3, -0.25) is 9.59 Å². The van der Waals surface area contributed by atoms with Crippen LogP contribution in [-0.4, -0.2) is 35.8 Å². The van der Waals surface area contributed by atoms with Gasteiger partial charge in [-0.05, 0) is 37.1 Å². The van der Waals surface area contributed by atoms with Crippen LogP contribution in [0.4, 0.5) is 5.69 Å². The fourth-order valence-corrected chi connectivity index (χ4v) is 2.69. The van der Waals surface area contributed by atoms with Gasteiger partial charge < -0.3 is 15.4 Å². The number of ether oxygens (including phenoxy) is 1. The second kappa shape index (κ2) is 7.00. The van der Waals surface area contributed by atoms with Gasteiger partial charge in [0, 0.05) is 23.6 Å². The molecule has 1 fully saturated rings. The van der Waals surface area contributed by atoms with Crippen LogP contribution >= 0.6 is 11.6 Å². The molecule has 1 aromatic rings. The normalized spacial score (nSPS) is 22.7. The highest BCUT2D eigenvalue weighted by Gasteiger charge is 2.32. The lowest BCUT2D eigenvalue weighted by molar-refractivity contribution is -0.138. The molecule has 2 aliphatic heterocycles. The predicted octanol–water partition coefficient (Wildman–Crippen LogP) is 1.66. The Bertz CT molecular complexity index is 702. The summed E-state index contributed by atoms with van der Waals surface area (Å²) >= 11 is 5.80. The third-order valence-corrected chi connectivity index (χ3v) is 4.10. The highest BCUT2D eigenvalue weighted by atomic mass is 35.5. The van der Waals surface area contributed by atoms with Gasteiger partial charge in [-0.1, -0.05) is 11.6 Å². The molecule has 0 saturated carbocycles. The first-order chi connectivity index (χ1) is 11.5. The average Bonchev–Trinajstić information content (AvgIpc) is 3.19. The van der Waals surface area contributed by atoms with Crippen molar-refractivity contribution in [1.82, 2.24) is 5.32 Å². The highest BCUT2D eigenvalue weighted by Crippen LogP contribution is 2.19. The van der Waals surface area contributed by atoms with E-state index >= 15 is 0 Å². The van der Waals surface area contributed by atoms with Crippen LogP contribution in [0, 0.1) is 0 Å². The Morgan fingerprint density at radius 2 is 1.96 bits per heavy atom. The standard InChI is InChI=1S/C16H16ClN3O4/c17-9-1-3-10(4-2-9)18-15(22)11-6-8-14(20-11)24-16(23)12-5-7-13(21)19-12/h1-4,11-12H,5-8H2,(H,18,22)(H,19,21)/t11-,12-/m0/s1. The third-order valence-electron chi connectivity index (χ3n) is 3.84. The minimum atomic E-state index is -0.623. The Labute approximate surface area is 143 Å². The number of nitrogens with one attached hydrogen (secondary N) is 2. The van der Waals surface area contributed by atoms with E-state index in [4.69, 9.17) is 16.3 Å². The molecule has 3 rings (SSSR count). The molecule has 2 N–H and O–H groups in total. The molecule has 0 unspecified atom stereocenters. The van der Waals surface area contributed by atoms with Gasteiger partial charge in [0.15, 0.2) is 5.90 Å². The van der Waals surface area contributed by atoms with Gasteiger partial charge in [-0.15, -0.1) is 0 Å². The van der Waals surface area contributed by atoms with E-state index in [0.717, 1.165) is 0 Å². The zero-order valence-corrected chi connectivity index (χ0v) is 13.5. The van der Waals surface area contributed by atoms with Crippen molar-refractivity contribution in [2.24, 2.45) is 4.99 Å². The van der Waals surface area contributed by atoms with Crippen LogP contribution in [0.25, 0.3) is 0 Å². The fraction of sp³-hybridized carbons (Fsp3) is 0.375. The summed E-state index contributed by atoms with van der Waals surface area (Å²) in [5.41, 5.74) is 0.624. The maximum absolute atomic E-state index is 12.2.